The number of rotatable bonds is 13. The monoisotopic (exact) mass is 526 g/mol. The number of unbranched alkanes of at least 4 members (excludes halogenated alkanes) is 4. The summed E-state index contributed by atoms with van der Waals surface area (Å²) in [4.78, 5) is 16.1. The molecule has 1 aliphatic rings. The Morgan fingerprint density at radius 3 is 2.78 bits per heavy atom. The van der Waals surface area contributed by atoms with Crippen molar-refractivity contribution in [3.8, 4) is 6.07 Å². The van der Waals surface area contributed by atoms with Crippen LogP contribution in [0.4, 0.5) is 10.2 Å². The lowest BCUT2D eigenvalue weighted by Crippen LogP contribution is -2.43. The second-order valence-electron chi connectivity index (χ2n) is 8.49. The minimum absolute atomic E-state index is 0.106. The van der Waals surface area contributed by atoms with Crippen LogP contribution >= 0.6 is 7.75 Å². The number of carbonyl (C=O) groups is 1. The van der Waals surface area contributed by atoms with Crippen molar-refractivity contribution in [2.45, 2.75) is 63.7 Å². The predicted octanol–water partition coefficient (Wildman–Crippen LogP) is 3.03. The van der Waals surface area contributed by atoms with Gasteiger partial charge in [0.05, 0.1) is 25.5 Å². The molecule has 3 rings (SSSR count). The zero-order chi connectivity index (χ0) is 26.2. The molecule has 0 radical (unpaired) electrons. The van der Waals surface area contributed by atoms with Crippen LogP contribution in [-0.4, -0.2) is 59.2 Å². The topological polar surface area (TPSA) is 163 Å². The molecule has 36 heavy (non-hydrogen) atoms. The van der Waals surface area contributed by atoms with Gasteiger partial charge in [-0.25, -0.2) is 23.5 Å². The second kappa shape index (κ2) is 12.6. The quantitative estimate of drug-likeness (QED) is 0.224. The molecule has 1 fully saturated rings. The lowest BCUT2D eigenvalue weighted by atomic mass is 10.0. The molecule has 14 heteroatoms. The number of nitrogen functional groups attached to an aromatic ring is 1. The van der Waals surface area contributed by atoms with E-state index in [0.29, 0.717) is 5.52 Å². The molecule has 0 aliphatic carbocycles. The van der Waals surface area contributed by atoms with Gasteiger partial charge in [0, 0.05) is 0 Å². The highest BCUT2D eigenvalue weighted by atomic mass is 31.2. The molecule has 0 bridgehead atoms. The van der Waals surface area contributed by atoms with Crippen LogP contribution in [0.1, 0.15) is 51.6 Å². The Balaban J connectivity index is 1.55. The number of anilines is 1. The largest absolute Gasteiger partial charge is 0.465 e. The summed E-state index contributed by atoms with van der Waals surface area (Å²) in [7, 11) is -3.85. The molecular formula is C22H32FN6O6P. The molecule has 3 N–H and O–H groups in total. The maximum atomic E-state index is 14.2. The fourth-order valence-corrected chi connectivity index (χ4v) is 5.23. The van der Waals surface area contributed by atoms with Crippen molar-refractivity contribution in [2.75, 3.05) is 32.2 Å². The summed E-state index contributed by atoms with van der Waals surface area (Å²) >= 11 is 0. The zero-order valence-electron chi connectivity index (χ0n) is 20.4. The molecule has 0 amide bonds. The number of ether oxygens (including phenoxy) is 2. The Hall–Kier alpha value is -2.62. The van der Waals surface area contributed by atoms with E-state index in [2.05, 4.69) is 22.1 Å². The minimum atomic E-state index is -3.85. The number of hydrogen-bond acceptors (Lipinski definition) is 10. The van der Waals surface area contributed by atoms with Crippen LogP contribution in [0, 0.1) is 11.3 Å². The third-order valence-electron chi connectivity index (χ3n) is 5.69. The Bertz CT molecular complexity index is 1110. The summed E-state index contributed by atoms with van der Waals surface area (Å²) in [5.41, 5.74) is 4.26. The van der Waals surface area contributed by atoms with Gasteiger partial charge in [-0.3, -0.25) is 13.8 Å². The van der Waals surface area contributed by atoms with E-state index < -0.39 is 38.1 Å². The maximum Gasteiger partial charge on any atom is 0.406 e. The van der Waals surface area contributed by atoms with Crippen LogP contribution in [0.25, 0.3) is 5.52 Å². The van der Waals surface area contributed by atoms with Gasteiger partial charge in [-0.15, -0.1) is 0 Å². The fourth-order valence-electron chi connectivity index (χ4n) is 3.70. The number of esters is 1. The van der Waals surface area contributed by atoms with Gasteiger partial charge in [-0.1, -0.05) is 32.6 Å². The Morgan fingerprint density at radius 1 is 1.39 bits per heavy atom. The molecule has 1 saturated heterocycles. The maximum absolute atomic E-state index is 14.2. The van der Waals surface area contributed by atoms with Gasteiger partial charge in [0.2, 0.25) is 5.60 Å². The van der Waals surface area contributed by atoms with Crippen molar-refractivity contribution in [3.63, 3.8) is 0 Å². The predicted molar refractivity (Wildman–Crippen MR) is 127 cm³/mol. The smallest absolute Gasteiger partial charge is 0.406 e. The molecule has 2 atom stereocenters. The number of nitrogens with zero attached hydrogens (tertiary/aromatic N) is 4. The summed E-state index contributed by atoms with van der Waals surface area (Å²) < 4.78 is 50.0. The number of nitriles is 1. The van der Waals surface area contributed by atoms with Gasteiger partial charge >= 0.3 is 13.7 Å². The third-order valence-corrected chi connectivity index (χ3v) is 7.37. The van der Waals surface area contributed by atoms with Gasteiger partial charge in [0.1, 0.15) is 36.7 Å². The van der Waals surface area contributed by atoms with Crippen LogP contribution in [-0.2, 0) is 33.5 Å². The Kier molecular flexibility index (Phi) is 9.76. The van der Waals surface area contributed by atoms with Gasteiger partial charge in [0.15, 0.2) is 5.82 Å². The first-order chi connectivity index (χ1) is 17.3. The molecule has 3 heterocycles. The molecule has 0 spiro atoms. The van der Waals surface area contributed by atoms with E-state index in [9.17, 15) is 19.0 Å². The number of hydrogen-bond donors (Lipinski definition) is 2. The average molecular weight is 527 g/mol. The number of carbonyl (C=O) groups excluding carboxylic acids is 1. The first-order valence-corrected chi connectivity index (χ1v) is 13.4. The number of nitrogens with two attached hydrogens (primary N) is 1. The number of fused-ring (bicyclic) bond motifs is 1. The molecule has 2 aromatic rings. The molecule has 2 aromatic heterocycles. The molecule has 1 aliphatic heterocycles. The average Bonchev–Trinajstić information content (AvgIpc) is 3.32. The summed E-state index contributed by atoms with van der Waals surface area (Å²) in [6.07, 6.45) is 5.32. The molecule has 12 nitrogen and oxygen atoms in total. The van der Waals surface area contributed by atoms with Crippen LogP contribution < -0.4 is 10.8 Å². The highest BCUT2D eigenvalue weighted by molar-refractivity contribution is 7.51. The number of aromatic nitrogens is 3. The first-order valence-electron chi connectivity index (χ1n) is 11.8. The number of alkyl halides is 1. The van der Waals surface area contributed by atoms with Crippen LogP contribution in [0.15, 0.2) is 18.5 Å². The van der Waals surface area contributed by atoms with Crippen molar-refractivity contribution in [1.29, 1.82) is 5.26 Å². The van der Waals surface area contributed by atoms with Crippen LogP contribution in [0.2, 0.25) is 0 Å². The molecule has 0 saturated carbocycles. The Morgan fingerprint density at radius 2 is 2.11 bits per heavy atom. The lowest BCUT2D eigenvalue weighted by molar-refractivity contribution is -0.145. The molecule has 2 unspecified atom stereocenters. The number of nitrogens with one attached hydrogen (secondary N) is 1. The van der Waals surface area contributed by atoms with Crippen LogP contribution in [0.5, 0.6) is 0 Å². The summed E-state index contributed by atoms with van der Waals surface area (Å²) in [6, 6.07) is 3.93. The van der Waals surface area contributed by atoms with Crippen LogP contribution in [0.3, 0.4) is 0 Å². The van der Waals surface area contributed by atoms with Crippen molar-refractivity contribution in [1.82, 2.24) is 19.7 Å². The second-order valence-corrected chi connectivity index (χ2v) is 10.3. The van der Waals surface area contributed by atoms with E-state index in [1.807, 2.05) is 6.07 Å². The lowest BCUT2D eigenvalue weighted by Gasteiger charge is -2.34. The number of halogens is 1. The normalized spacial score (nSPS) is 22.6. The summed E-state index contributed by atoms with van der Waals surface area (Å²) in [6.45, 7) is 2.15. The van der Waals surface area contributed by atoms with Crippen molar-refractivity contribution >= 4 is 25.1 Å². The Labute approximate surface area is 208 Å². The van der Waals surface area contributed by atoms with E-state index in [4.69, 9.17) is 24.3 Å². The molecular weight excluding hydrogens is 494 g/mol. The van der Waals surface area contributed by atoms with Crippen molar-refractivity contribution < 1.29 is 32.3 Å². The van der Waals surface area contributed by atoms with Gasteiger partial charge < -0.3 is 15.2 Å². The van der Waals surface area contributed by atoms with E-state index in [1.54, 1.807) is 6.07 Å². The van der Waals surface area contributed by atoms with E-state index >= 15 is 0 Å². The van der Waals surface area contributed by atoms with Gasteiger partial charge in [-0.2, -0.15) is 10.4 Å². The molecule has 198 valence electrons. The fraction of sp³-hybridized carbons (Fsp3) is 0.636. The standard InChI is InChI=1S/C22H32FN6O6P/c1-3-4-5-6-7-10-32-21(30)16(2)28-36(31)33-11-17(12-34-36)35-22(13-23,14-24)19-9-8-18-20(25)26-15-27-29(18)19/h8-9,15-17H,3-7,10-13H2,1-2H3,(H,28,31)(H2,25,26,27). The first kappa shape index (κ1) is 28.0. The SMILES string of the molecule is CCCCCCCOC(=O)C(C)NP1(=O)OCC(OC(C#N)(CF)c2ccc3c(N)ncnn23)CO1. The van der Waals surface area contributed by atoms with E-state index in [-0.39, 0.29) is 31.3 Å². The summed E-state index contributed by atoms with van der Waals surface area (Å²) in [5.74, 6) is -0.420. The molecule has 0 aromatic carbocycles. The minimum Gasteiger partial charge on any atom is -0.465 e. The van der Waals surface area contributed by atoms with Crippen molar-refractivity contribution in [2.24, 2.45) is 0 Å². The van der Waals surface area contributed by atoms with Gasteiger partial charge in [-0.05, 0) is 25.5 Å². The van der Waals surface area contributed by atoms with Crippen molar-refractivity contribution in [3.05, 3.63) is 24.2 Å². The highest BCUT2D eigenvalue weighted by Gasteiger charge is 2.43. The van der Waals surface area contributed by atoms with E-state index in [0.717, 1.165) is 32.1 Å². The van der Waals surface area contributed by atoms with E-state index in [1.165, 1.54) is 23.8 Å². The summed E-state index contributed by atoms with van der Waals surface area (Å²) in [5, 5.41) is 16.4. The highest BCUT2D eigenvalue weighted by Crippen LogP contribution is 2.48. The zero-order valence-corrected chi connectivity index (χ0v) is 21.3. The van der Waals surface area contributed by atoms with Gasteiger partial charge in [0.25, 0.3) is 0 Å². The third kappa shape index (κ3) is 6.57.